The lowest BCUT2D eigenvalue weighted by molar-refractivity contribution is 0.768. The lowest BCUT2D eigenvalue weighted by atomic mass is 9.67. The quantitative estimate of drug-likeness (QED) is 0.180. The second-order valence-electron chi connectivity index (χ2n) is 12.7. The number of fused-ring (bicyclic) bond motifs is 3. The van der Waals surface area contributed by atoms with Crippen LogP contribution in [0, 0.1) is 11.3 Å². The summed E-state index contributed by atoms with van der Waals surface area (Å²) in [6.07, 6.45) is 0. The van der Waals surface area contributed by atoms with Crippen molar-refractivity contribution < 1.29 is 0 Å². The molecule has 0 aliphatic heterocycles. The van der Waals surface area contributed by atoms with Gasteiger partial charge < -0.3 is 0 Å². The van der Waals surface area contributed by atoms with Gasteiger partial charge in [-0.3, -0.25) is 0 Å². The lowest BCUT2D eigenvalue weighted by Gasteiger charge is -2.34. The molecule has 1 aliphatic carbocycles. The minimum absolute atomic E-state index is 0.524. The summed E-state index contributed by atoms with van der Waals surface area (Å²) in [5.41, 5.74) is 12.3. The first-order chi connectivity index (χ1) is 25.2. The SMILES string of the molecule is N#Cc1ccc(-c2ccc(-c3nc(-c4ccccc4)nc(-c4cccc(C5(c6ccccc6)c6ccccc6-c6ccccc65)c4)n3)cc2)cc1. The highest BCUT2D eigenvalue weighted by Crippen LogP contribution is 2.56. The molecule has 0 fully saturated rings. The molecule has 0 bridgehead atoms. The fraction of sp³-hybridized carbons (Fsp3) is 0.0213. The van der Waals surface area contributed by atoms with Gasteiger partial charge in [-0.25, -0.2) is 15.0 Å². The molecule has 0 radical (unpaired) electrons. The van der Waals surface area contributed by atoms with Crippen LogP contribution in [-0.4, -0.2) is 15.0 Å². The molecule has 51 heavy (non-hydrogen) atoms. The Labute approximate surface area is 297 Å². The van der Waals surface area contributed by atoms with E-state index in [2.05, 4.69) is 133 Å². The Balaban J connectivity index is 1.21. The molecule has 0 saturated carbocycles. The van der Waals surface area contributed by atoms with Crippen molar-refractivity contribution in [2.45, 2.75) is 5.41 Å². The van der Waals surface area contributed by atoms with E-state index < -0.39 is 5.41 Å². The van der Waals surface area contributed by atoms with Gasteiger partial charge in [0, 0.05) is 16.7 Å². The number of hydrogen-bond acceptors (Lipinski definition) is 4. The van der Waals surface area contributed by atoms with Gasteiger partial charge >= 0.3 is 0 Å². The van der Waals surface area contributed by atoms with Gasteiger partial charge in [0.15, 0.2) is 17.5 Å². The third kappa shape index (κ3) is 5.12. The van der Waals surface area contributed by atoms with E-state index >= 15 is 0 Å². The Bertz CT molecular complexity index is 2520. The fourth-order valence-electron chi connectivity index (χ4n) is 7.50. The Morgan fingerprint density at radius 2 is 0.804 bits per heavy atom. The van der Waals surface area contributed by atoms with Gasteiger partial charge in [0.2, 0.25) is 0 Å². The number of aromatic nitrogens is 3. The van der Waals surface area contributed by atoms with Crippen molar-refractivity contribution in [3.63, 3.8) is 0 Å². The van der Waals surface area contributed by atoms with Crippen LogP contribution in [0.4, 0.5) is 0 Å². The number of nitrogens with zero attached hydrogens (tertiary/aromatic N) is 4. The molecule has 7 aromatic carbocycles. The summed E-state index contributed by atoms with van der Waals surface area (Å²) < 4.78 is 0. The summed E-state index contributed by atoms with van der Waals surface area (Å²) in [6, 6.07) is 65.2. The van der Waals surface area contributed by atoms with E-state index in [9.17, 15) is 5.26 Å². The van der Waals surface area contributed by atoms with Crippen molar-refractivity contribution in [2.24, 2.45) is 0 Å². The molecule has 0 atom stereocenters. The molecule has 1 aliphatic rings. The highest BCUT2D eigenvalue weighted by molar-refractivity contribution is 5.86. The summed E-state index contributed by atoms with van der Waals surface area (Å²) >= 11 is 0. The van der Waals surface area contributed by atoms with E-state index in [1.54, 1.807) is 0 Å². The van der Waals surface area contributed by atoms with Gasteiger partial charge in [0.05, 0.1) is 17.0 Å². The maximum Gasteiger partial charge on any atom is 0.164 e. The van der Waals surface area contributed by atoms with Gasteiger partial charge in [0.25, 0.3) is 0 Å². The van der Waals surface area contributed by atoms with Crippen LogP contribution in [0.3, 0.4) is 0 Å². The molecule has 0 N–H and O–H groups in total. The third-order valence-electron chi connectivity index (χ3n) is 9.87. The first kappa shape index (κ1) is 30.1. The number of benzene rings is 7. The summed E-state index contributed by atoms with van der Waals surface area (Å²) in [5, 5.41) is 9.22. The normalized spacial score (nSPS) is 12.5. The average Bonchev–Trinajstić information content (AvgIpc) is 3.53. The monoisotopic (exact) mass is 650 g/mol. The first-order valence-electron chi connectivity index (χ1n) is 17.0. The standard InChI is InChI=1S/C47H30N4/c48-31-32-22-24-33(25-23-32)34-26-28-36(29-27-34)45-49-44(35-12-3-1-4-13-35)50-46(51-45)37-14-11-17-39(30-37)47(38-15-5-2-6-16-38)42-20-9-7-18-40(42)41-19-8-10-21-43(41)47/h1-30H. The van der Waals surface area contributed by atoms with Crippen LogP contribution in [0.2, 0.25) is 0 Å². The van der Waals surface area contributed by atoms with E-state index in [0.29, 0.717) is 23.0 Å². The molecule has 0 amide bonds. The minimum Gasteiger partial charge on any atom is -0.208 e. The Morgan fingerprint density at radius 3 is 1.39 bits per heavy atom. The van der Waals surface area contributed by atoms with E-state index in [-0.39, 0.29) is 0 Å². The van der Waals surface area contributed by atoms with Crippen molar-refractivity contribution in [1.82, 2.24) is 15.0 Å². The topological polar surface area (TPSA) is 62.5 Å². The van der Waals surface area contributed by atoms with Crippen LogP contribution in [0.15, 0.2) is 182 Å². The average molecular weight is 651 g/mol. The van der Waals surface area contributed by atoms with E-state index in [1.807, 2.05) is 54.6 Å². The largest absolute Gasteiger partial charge is 0.208 e. The molecule has 8 aromatic rings. The molecule has 0 unspecified atom stereocenters. The zero-order chi connectivity index (χ0) is 34.2. The molecule has 9 rings (SSSR count). The summed E-state index contributed by atoms with van der Waals surface area (Å²) in [5.74, 6) is 1.83. The van der Waals surface area contributed by atoms with E-state index in [0.717, 1.165) is 33.4 Å². The van der Waals surface area contributed by atoms with Gasteiger partial charge in [-0.05, 0) is 62.7 Å². The predicted molar refractivity (Wildman–Crippen MR) is 204 cm³/mol. The van der Waals surface area contributed by atoms with E-state index in [1.165, 1.54) is 27.8 Å². The van der Waals surface area contributed by atoms with Gasteiger partial charge in [-0.1, -0.05) is 164 Å². The molecule has 0 spiro atoms. The van der Waals surface area contributed by atoms with Crippen LogP contribution >= 0.6 is 0 Å². The zero-order valence-electron chi connectivity index (χ0n) is 27.6. The minimum atomic E-state index is -0.524. The second kappa shape index (κ2) is 12.5. The third-order valence-corrected chi connectivity index (χ3v) is 9.87. The molecular weight excluding hydrogens is 621 g/mol. The van der Waals surface area contributed by atoms with Crippen LogP contribution < -0.4 is 0 Å². The van der Waals surface area contributed by atoms with Crippen molar-refractivity contribution in [2.75, 3.05) is 0 Å². The van der Waals surface area contributed by atoms with Crippen molar-refractivity contribution in [3.8, 4) is 62.5 Å². The highest BCUT2D eigenvalue weighted by atomic mass is 15.0. The van der Waals surface area contributed by atoms with Crippen LogP contribution in [0.25, 0.3) is 56.4 Å². The van der Waals surface area contributed by atoms with Gasteiger partial charge in [-0.2, -0.15) is 5.26 Å². The van der Waals surface area contributed by atoms with Crippen LogP contribution in [0.5, 0.6) is 0 Å². The second-order valence-corrected chi connectivity index (χ2v) is 12.7. The molecule has 1 aromatic heterocycles. The molecule has 1 heterocycles. The fourth-order valence-corrected chi connectivity index (χ4v) is 7.50. The Morgan fingerprint density at radius 1 is 0.373 bits per heavy atom. The maximum atomic E-state index is 9.22. The summed E-state index contributed by atoms with van der Waals surface area (Å²) in [7, 11) is 0. The molecule has 4 nitrogen and oxygen atoms in total. The van der Waals surface area contributed by atoms with Crippen molar-refractivity contribution >= 4 is 0 Å². The smallest absolute Gasteiger partial charge is 0.164 e. The van der Waals surface area contributed by atoms with Crippen molar-refractivity contribution in [1.29, 1.82) is 5.26 Å². The van der Waals surface area contributed by atoms with Gasteiger partial charge in [0.1, 0.15) is 0 Å². The van der Waals surface area contributed by atoms with Crippen LogP contribution in [-0.2, 0) is 5.41 Å². The Hall–Kier alpha value is -6.96. The summed E-state index contributed by atoms with van der Waals surface area (Å²) in [6.45, 7) is 0. The van der Waals surface area contributed by atoms with Crippen molar-refractivity contribution in [3.05, 3.63) is 210 Å². The number of rotatable bonds is 6. The number of hydrogen-bond donors (Lipinski definition) is 0. The molecular formula is C47H30N4. The zero-order valence-corrected chi connectivity index (χ0v) is 27.6. The predicted octanol–water partition coefficient (Wildman–Crippen LogP) is 10.8. The molecule has 4 heteroatoms. The summed E-state index contributed by atoms with van der Waals surface area (Å²) in [4.78, 5) is 15.2. The van der Waals surface area contributed by atoms with E-state index in [4.69, 9.17) is 15.0 Å². The highest BCUT2D eigenvalue weighted by Gasteiger charge is 2.45. The van der Waals surface area contributed by atoms with Crippen LogP contribution in [0.1, 0.15) is 27.8 Å². The molecule has 0 saturated heterocycles. The Kier molecular flexibility index (Phi) is 7.38. The lowest BCUT2D eigenvalue weighted by Crippen LogP contribution is -2.28. The van der Waals surface area contributed by atoms with Gasteiger partial charge in [-0.15, -0.1) is 0 Å². The first-order valence-corrected chi connectivity index (χ1v) is 17.0. The molecule has 238 valence electrons. The maximum absolute atomic E-state index is 9.22. The number of nitriles is 1.